The van der Waals surface area contributed by atoms with Crippen LogP contribution in [0.15, 0.2) is 48.5 Å². The molecule has 1 fully saturated rings. The highest BCUT2D eigenvalue weighted by molar-refractivity contribution is 5.98. The number of benzene rings is 2. The molecule has 3 rings (SSSR count). The lowest BCUT2D eigenvalue weighted by molar-refractivity contribution is -0.119. The Bertz CT molecular complexity index is 935. The second-order valence-corrected chi connectivity index (χ2v) is 6.88. The van der Waals surface area contributed by atoms with Gasteiger partial charge in [-0.3, -0.25) is 9.59 Å². The molecule has 1 N–H and O–H groups in total. The summed E-state index contributed by atoms with van der Waals surface area (Å²) in [5.74, 6) is -1.23. The van der Waals surface area contributed by atoms with Crippen LogP contribution in [0.5, 0.6) is 0 Å². The smallest absolute Gasteiger partial charge is 0.338 e. The quantitative estimate of drug-likeness (QED) is 0.652. The highest BCUT2D eigenvalue weighted by Crippen LogP contribution is 2.24. The number of anilines is 1. The topological polar surface area (TPSA) is 94.2 Å². The first-order valence-electron chi connectivity index (χ1n) is 10.2. The molecule has 1 heterocycles. The van der Waals surface area contributed by atoms with Crippen LogP contribution in [-0.2, 0) is 19.0 Å². The molecule has 1 aliphatic rings. The van der Waals surface area contributed by atoms with Gasteiger partial charge >= 0.3 is 5.97 Å². The van der Waals surface area contributed by atoms with E-state index in [0.717, 1.165) is 0 Å². The second kappa shape index (κ2) is 10.7. The Labute approximate surface area is 181 Å². The van der Waals surface area contributed by atoms with Gasteiger partial charge in [0.15, 0.2) is 12.9 Å². The number of nitrogens with zero attached hydrogens (tertiary/aromatic N) is 1. The Hall–Kier alpha value is -3.23. The van der Waals surface area contributed by atoms with Gasteiger partial charge in [-0.05, 0) is 44.2 Å². The molecule has 0 saturated carbocycles. The largest absolute Gasteiger partial charge is 0.452 e. The molecule has 2 amide bonds. The Kier molecular flexibility index (Phi) is 7.75. The molecule has 0 atom stereocenters. The third kappa shape index (κ3) is 5.90. The summed E-state index contributed by atoms with van der Waals surface area (Å²) in [4.78, 5) is 38.7. The molecule has 0 bridgehead atoms. The van der Waals surface area contributed by atoms with E-state index < -0.39 is 24.8 Å². The molecule has 0 aromatic heterocycles. The standard InChI is InChI=1S/C23H26N2O6/c1-3-25(4-2)21(27)16-7-6-10-19(14-16)24-20(26)15-31-22(28)17-8-5-9-18(13-17)23-29-11-12-30-23/h5-10,13-14,23H,3-4,11-12,15H2,1-2H3,(H,24,26). The second-order valence-electron chi connectivity index (χ2n) is 6.88. The van der Waals surface area contributed by atoms with Gasteiger partial charge in [-0.15, -0.1) is 0 Å². The predicted molar refractivity (Wildman–Crippen MR) is 114 cm³/mol. The molecule has 164 valence electrons. The van der Waals surface area contributed by atoms with Crippen molar-refractivity contribution in [2.75, 3.05) is 38.2 Å². The van der Waals surface area contributed by atoms with Crippen molar-refractivity contribution in [1.82, 2.24) is 4.90 Å². The highest BCUT2D eigenvalue weighted by atomic mass is 16.7. The first-order valence-corrected chi connectivity index (χ1v) is 10.2. The van der Waals surface area contributed by atoms with Gasteiger partial charge in [0.05, 0.1) is 18.8 Å². The third-order valence-corrected chi connectivity index (χ3v) is 4.79. The van der Waals surface area contributed by atoms with Crippen LogP contribution in [0.4, 0.5) is 5.69 Å². The van der Waals surface area contributed by atoms with Crippen molar-refractivity contribution in [3.8, 4) is 0 Å². The Balaban J connectivity index is 1.55. The van der Waals surface area contributed by atoms with E-state index in [1.807, 2.05) is 13.8 Å². The molecule has 8 nitrogen and oxygen atoms in total. The Morgan fingerprint density at radius 3 is 2.39 bits per heavy atom. The number of hydrogen-bond donors (Lipinski definition) is 1. The monoisotopic (exact) mass is 426 g/mol. The van der Waals surface area contributed by atoms with Gasteiger partial charge in [0.25, 0.3) is 11.8 Å². The summed E-state index contributed by atoms with van der Waals surface area (Å²) in [6, 6.07) is 13.4. The first-order chi connectivity index (χ1) is 15.0. The van der Waals surface area contributed by atoms with Crippen LogP contribution in [0.1, 0.15) is 46.4 Å². The van der Waals surface area contributed by atoms with Crippen molar-refractivity contribution in [2.45, 2.75) is 20.1 Å². The first kappa shape index (κ1) is 22.5. The number of carbonyl (C=O) groups is 3. The number of hydrogen-bond acceptors (Lipinski definition) is 6. The van der Waals surface area contributed by atoms with Crippen LogP contribution >= 0.6 is 0 Å². The molecule has 0 spiro atoms. The fourth-order valence-electron chi connectivity index (χ4n) is 3.20. The fourth-order valence-corrected chi connectivity index (χ4v) is 3.20. The van der Waals surface area contributed by atoms with E-state index in [4.69, 9.17) is 14.2 Å². The van der Waals surface area contributed by atoms with Crippen LogP contribution in [-0.4, -0.2) is 55.6 Å². The Morgan fingerprint density at radius 1 is 1.00 bits per heavy atom. The molecule has 2 aromatic rings. The molecular weight excluding hydrogens is 400 g/mol. The van der Waals surface area contributed by atoms with E-state index in [2.05, 4.69) is 5.32 Å². The van der Waals surface area contributed by atoms with Crippen molar-refractivity contribution in [2.24, 2.45) is 0 Å². The zero-order valence-electron chi connectivity index (χ0n) is 17.6. The minimum Gasteiger partial charge on any atom is -0.452 e. The predicted octanol–water partition coefficient (Wildman–Crippen LogP) is 3.01. The molecule has 8 heteroatoms. The number of amides is 2. The van der Waals surface area contributed by atoms with Crippen molar-refractivity contribution in [1.29, 1.82) is 0 Å². The number of esters is 1. The van der Waals surface area contributed by atoms with Gasteiger partial charge in [-0.2, -0.15) is 0 Å². The zero-order chi connectivity index (χ0) is 22.2. The molecule has 1 aliphatic heterocycles. The number of ether oxygens (including phenoxy) is 3. The number of nitrogens with one attached hydrogen (secondary N) is 1. The highest BCUT2D eigenvalue weighted by Gasteiger charge is 2.20. The molecule has 31 heavy (non-hydrogen) atoms. The van der Waals surface area contributed by atoms with Crippen molar-refractivity contribution < 1.29 is 28.6 Å². The number of rotatable bonds is 8. The van der Waals surface area contributed by atoms with E-state index in [1.165, 1.54) is 0 Å². The fraction of sp³-hybridized carbons (Fsp3) is 0.348. The van der Waals surface area contributed by atoms with E-state index in [-0.39, 0.29) is 5.91 Å². The third-order valence-electron chi connectivity index (χ3n) is 4.79. The maximum absolute atomic E-state index is 12.5. The molecule has 0 aliphatic carbocycles. The SMILES string of the molecule is CCN(CC)C(=O)c1cccc(NC(=O)COC(=O)c2cccc(C3OCCO3)c2)c1. The molecule has 1 saturated heterocycles. The Morgan fingerprint density at radius 2 is 1.68 bits per heavy atom. The lowest BCUT2D eigenvalue weighted by Crippen LogP contribution is -2.30. The maximum Gasteiger partial charge on any atom is 0.338 e. The molecule has 0 unspecified atom stereocenters. The molecule has 2 aromatic carbocycles. The summed E-state index contributed by atoms with van der Waals surface area (Å²) >= 11 is 0. The van der Waals surface area contributed by atoms with Crippen molar-refractivity contribution in [3.63, 3.8) is 0 Å². The number of carbonyl (C=O) groups excluding carboxylic acids is 3. The minimum absolute atomic E-state index is 0.109. The van der Waals surface area contributed by atoms with Gasteiger partial charge < -0.3 is 24.4 Å². The summed E-state index contributed by atoms with van der Waals surface area (Å²) < 4.78 is 16.0. The van der Waals surface area contributed by atoms with Crippen LogP contribution in [0.3, 0.4) is 0 Å². The summed E-state index contributed by atoms with van der Waals surface area (Å²) in [6.07, 6.45) is -0.498. The normalized spacial score (nSPS) is 13.6. The molecule has 0 radical (unpaired) electrons. The summed E-state index contributed by atoms with van der Waals surface area (Å²) in [7, 11) is 0. The van der Waals surface area contributed by atoms with Crippen LogP contribution in [0, 0.1) is 0 Å². The average molecular weight is 426 g/mol. The minimum atomic E-state index is -0.625. The van der Waals surface area contributed by atoms with E-state index >= 15 is 0 Å². The van der Waals surface area contributed by atoms with Gasteiger partial charge in [-0.1, -0.05) is 18.2 Å². The van der Waals surface area contributed by atoms with Gasteiger partial charge in [0.1, 0.15) is 0 Å². The zero-order valence-corrected chi connectivity index (χ0v) is 17.6. The van der Waals surface area contributed by atoms with Gasteiger partial charge in [-0.25, -0.2) is 4.79 Å². The van der Waals surface area contributed by atoms with Crippen molar-refractivity contribution in [3.05, 3.63) is 65.2 Å². The van der Waals surface area contributed by atoms with E-state index in [1.54, 1.807) is 53.4 Å². The summed E-state index contributed by atoms with van der Waals surface area (Å²) in [5, 5.41) is 2.65. The van der Waals surface area contributed by atoms with Crippen LogP contribution in [0.2, 0.25) is 0 Å². The van der Waals surface area contributed by atoms with E-state index in [0.29, 0.717) is 48.7 Å². The van der Waals surface area contributed by atoms with E-state index in [9.17, 15) is 14.4 Å². The maximum atomic E-state index is 12.5. The average Bonchev–Trinajstić information content (AvgIpc) is 3.33. The van der Waals surface area contributed by atoms with Crippen molar-refractivity contribution >= 4 is 23.5 Å². The lowest BCUT2D eigenvalue weighted by atomic mass is 10.1. The van der Waals surface area contributed by atoms with Crippen LogP contribution < -0.4 is 5.32 Å². The summed E-state index contributed by atoms with van der Waals surface area (Å²) in [5.41, 5.74) is 1.95. The lowest BCUT2D eigenvalue weighted by Gasteiger charge is -2.19. The van der Waals surface area contributed by atoms with Crippen LogP contribution in [0.25, 0.3) is 0 Å². The summed E-state index contributed by atoms with van der Waals surface area (Å²) in [6.45, 7) is 5.57. The molecular formula is C23H26N2O6. The van der Waals surface area contributed by atoms with Gasteiger partial charge in [0.2, 0.25) is 0 Å². The van der Waals surface area contributed by atoms with Gasteiger partial charge in [0, 0.05) is 29.9 Å².